The fourth-order valence-electron chi connectivity index (χ4n) is 3.34. The number of hydrogen-bond donors (Lipinski definition) is 1. The summed E-state index contributed by atoms with van der Waals surface area (Å²) in [5.41, 5.74) is -0.0907. The van der Waals surface area contributed by atoms with Crippen molar-refractivity contribution in [2.24, 2.45) is 0 Å². The molecule has 22 heavy (non-hydrogen) atoms. The first kappa shape index (κ1) is 17.5. The third kappa shape index (κ3) is 4.35. The number of ether oxygens (including phenoxy) is 1. The summed E-state index contributed by atoms with van der Waals surface area (Å²) >= 11 is 0. The Morgan fingerprint density at radius 1 is 1.32 bits per heavy atom. The van der Waals surface area contributed by atoms with E-state index in [0.717, 1.165) is 32.5 Å². The first-order valence-electron chi connectivity index (χ1n) is 8.61. The van der Waals surface area contributed by atoms with E-state index in [-0.39, 0.29) is 6.09 Å². The van der Waals surface area contributed by atoms with Crippen LogP contribution in [0.25, 0.3) is 0 Å². The van der Waals surface area contributed by atoms with E-state index in [1.807, 2.05) is 25.7 Å². The standard InChI is InChI=1S/C17H33N3O2/c1-16(2,3)22-15(21)20-11-6-8-14(12-20)18-13-17(19(4)5)9-7-10-17/h14,18H,6-13H2,1-5H3. The molecule has 2 fully saturated rings. The maximum absolute atomic E-state index is 12.2. The minimum absolute atomic E-state index is 0.176. The molecule has 1 saturated carbocycles. The lowest BCUT2D eigenvalue weighted by Crippen LogP contribution is -2.59. The van der Waals surface area contributed by atoms with Gasteiger partial charge in [-0.25, -0.2) is 4.79 Å². The first-order valence-corrected chi connectivity index (χ1v) is 8.61. The average molecular weight is 311 g/mol. The van der Waals surface area contributed by atoms with E-state index in [2.05, 4.69) is 24.3 Å². The summed E-state index contributed by atoms with van der Waals surface area (Å²) in [7, 11) is 4.35. The molecule has 0 aromatic heterocycles. The average Bonchev–Trinajstić information content (AvgIpc) is 2.35. The van der Waals surface area contributed by atoms with Gasteiger partial charge in [0.15, 0.2) is 0 Å². The van der Waals surface area contributed by atoms with Gasteiger partial charge in [-0.2, -0.15) is 0 Å². The molecule has 0 bridgehead atoms. The highest BCUT2D eigenvalue weighted by Gasteiger charge is 2.39. The van der Waals surface area contributed by atoms with Crippen LogP contribution < -0.4 is 5.32 Å². The lowest BCUT2D eigenvalue weighted by atomic mass is 9.75. The van der Waals surface area contributed by atoms with Crippen molar-refractivity contribution in [3.8, 4) is 0 Å². The Hall–Kier alpha value is -0.810. The van der Waals surface area contributed by atoms with Crippen LogP contribution >= 0.6 is 0 Å². The van der Waals surface area contributed by atoms with Crippen LogP contribution in [-0.4, -0.2) is 66.8 Å². The SMILES string of the molecule is CN(C)C1(CNC2CCCN(C(=O)OC(C)(C)C)C2)CCC1. The number of amides is 1. The highest BCUT2D eigenvalue weighted by Crippen LogP contribution is 2.35. The zero-order valence-corrected chi connectivity index (χ0v) is 14.9. The van der Waals surface area contributed by atoms with Crippen LogP contribution in [0.1, 0.15) is 52.9 Å². The van der Waals surface area contributed by atoms with Gasteiger partial charge >= 0.3 is 6.09 Å². The summed E-state index contributed by atoms with van der Waals surface area (Å²) in [6.07, 6.45) is 5.89. The number of rotatable bonds is 4. The van der Waals surface area contributed by atoms with Crippen molar-refractivity contribution in [3.63, 3.8) is 0 Å². The van der Waals surface area contributed by atoms with Gasteiger partial charge in [0.25, 0.3) is 0 Å². The number of hydrogen-bond acceptors (Lipinski definition) is 4. The van der Waals surface area contributed by atoms with E-state index in [1.54, 1.807) is 0 Å². The smallest absolute Gasteiger partial charge is 0.410 e. The number of nitrogens with zero attached hydrogens (tertiary/aromatic N) is 2. The third-order valence-corrected chi connectivity index (χ3v) is 5.03. The highest BCUT2D eigenvalue weighted by molar-refractivity contribution is 5.68. The zero-order valence-electron chi connectivity index (χ0n) is 14.9. The van der Waals surface area contributed by atoms with E-state index in [4.69, 9.17) is 4.74 Å². The Morgan fingerprint density at radius 2 is 2.00 bits per heavy atom. The maximum atomic E-state index is 12.2. The number of carbonyl (C=O) groups excluding carboxylic acids is 1. The molecule has 1 N–H and O–H groups in total. The van der Waals surface area contributed by atoms with Crippen LogP contribution in [0.5, 0.6) is 0 Å². The number of nitrogens with one attached hydrogen (secondary N) is 1. The molecule has 1 aliphatic carbocycles. The molecule has 1 saturated heterocycles. The molecule has 0 radical (unpaired) electrons. The van der Waals surface area contributed by atoms with Crippen molar-refractivity contribution < 1.29 is 9.53 Å². The monoisotopic (exact) mass is 311 g/mol. The first-order chi connectivity index (χ1) is 10.2. The zero-order chi connectivity index (χ0) is 16.4. The Bertz CT molecular complexity index is 386. The normalized spacial score (nSPS) is 25.0. The predicted octanol–water partition coefficient (Wildman–Crippen LogP) is 2.46. The minimum Gasteiger partial charge on any atom is -0.444 e. The molecule has 1 heterocycles. The Balaban J connectivity index is 1.82. The van der Waals surface area contributed by atoms with E-state index in [0.29, 0.717) is 11.6 Å². The molecule has 128 valence electrons. The number of piperidine rings is 1. The summed E-state index contributed by atoms with van der Waals surface area (Å²) in [6, 6.07) is 0.388. The summed E-state index contributed by atoms with van der Waals surface area (Å²) < 4.78 is 5.49. The largest absolute Gasteiger partial charge is 0.444 e. The molecule has 1 amide bonds. The molecule has 2 aliphatic rings. The molecular formula is C17H33N3O2. The predicted molar refractivity (Wildman–Crippen MR) is 89.1 cm³/mol. The molecular weight excluding hydrogens is 278 g/mol. The minimum atomic E-state index is -0.418. The summed E-state index contributed by atoms with van der Waals surface area (Å²) in [5.74, 6) is 0. The summed E-state index contributed by atoms with van der Waals surface area (Å²) in [6.45, 7) is 8.35. The number of likely N-dealkylation sites (N-methyl/N-ethyl adjacent to an activating group) is 1. The fraction of sp³-hybridized carbons (Fsp3) is 0.941. The van der Waals surface area contributed by atoms with Gasteiger partial charge in [0.2, 0.25) is 0 Å². The quantitative estimate of drug-likeness (QED) is 0.866. The molecule has 0 aromatic rings. The van der Waals surface area contributed by atoms with Gasteiger partial charge in [0.05, 0.1) is 0 Å². The Kier molecular flexibility index (Phi) is 5.38. The maximum Gasteiger partial charge on any atom is 0.410 e. The molecule has 1 aliphatic heterocycles. The second-order valence-corrected chi connectivity index (χ2v) is 8.12. The topological polar surface area (TPSA) is 44.8 Å². The lowest BCUT2D eigenvalue weighted by molar-refractivity contribution is 0.0162. The molecule has 0 aromatic carbocycles. The van der Waals surface area contributed by atoms with E-state index in [9.17, 15) is 4.79 Å². The third-order valence-electron chi connectivity index (χ3n) is 5.03. The molecule has 1 atom stereocenters. The van der Waals surface area contributed by atoms with Crippen LogP contribution in [-0.2, 0) is 4.74 Å². The van der Waals surface area contributed by atoms with Crippen LogP contribution in [0.3, 0.4) is 0 Å². The Morgan fingerprint density at radius 3 is 2.50 bits per heavy atom. The van der Waals surface area contributed by atoms with Gasteiger partial charge in [0, 0.05) is 31.2 Å². The van der Waals surface area contributed by atoms with E-state index < -0.39 is 5.60 Å². The van der Waals surface area contributed by atoms with E-state index in [1.165, 1.54) is 19.3 Å². The van der Waals surface area contributed by atoms with Gasteiger partial charge in [-0.3, -0.25) is 0 Å². The Labute approximate surface area is 135 Å². The van der Waals surface area contributed by atoms with Crippen molar-refractivity contribution >= 4 is 6.09 Å². The lowest BCUT2D eigenvalue weighted by Gasteiger charge is -2.48. The van der Waals surface area contributed by atoms with Crippen LogP contribution in [0.4, 0.5) is 4.79 Å². The second-order valence-electron chi connectivity index (χ2n) is 8.12. The van der Waals surface area contributed by atoms with Crippen molar-refractivity contribution in [2.75, 3.05) is 33.7 Å². The number of carbonyl (C=O) groups is 1. The van der Waals surface area contributed by atoms with Gasteiger partial charge in [-0.1, -0.05) is 0 Å². The van der Waals surface area contributed by atoms with Gasteiger partial charge in [-0.15, -0.1) is 0 Å². The fourth-order valence-corrected chi connectivity index (χ4v) is 3.34. The molecule has 0 spiro atoms. The van der Waals surface area contributed by atoms with Crippen molar-refractivity contribution in [3.05, 3.63) is 0 Å². The van der Waals surface area contributed by atoms with Crippen LogP contribution in [0, 0.1) is 0 Å². The van der Waals surface area contributed by atoms with Gasteiger partial charge in [-0.05, 0) is 67.0 Å². The van der Waals surface area contributed by atoms with Crippen LogP contribution in [0.15, 0.2) is 0 Å². The summed E-state index contributed by atoms with van der Waals surface area (Å²) in [4.78, 5) is 16.4. The highest BCUT2D eigenvalue weighted by atomic mass is 16.6. The number of likely N-dealkylation sites (tertiary alicyclic amines) is 1. The molecule has 1 unspecified atom stereocenters. The van der Waals surface area contributed by atoms with Crippen molar-refractivity contribution in [2.45, 2.75) is 70.1 Å². The molecule has 5 nitrogen and oxygen atoms in total. The van der Waals surface area contributed by atoms with Gasteiger partial charge in [0.1, 0.15) is 5.60 Å². The van der Waals surface area contributed by atoms with Crippen molar-refractivity contribution in [1.82, 2.24) is 15.1 Å². The molecule has 2 rings (SSSR count). The summed E-state index contributed by atoms with van der Waals surface area (Å²) in [5, 5.41) is 3.70. The van der Waals surface area contributed by atoms with Crippen LogP contribution in [0.2, 0.25) is 0 Å². The van der Waals surface area contributed by atoms with Crippen molar-refractivity contribution in [1.29, 1.82) is 0 Å². The van der Waals surface area contributed by atoms with E-state index >= 15 is 0 Å². The van der Waals surface area contributed by atoms with Gasteiger partial charge < -0.3 is 19.9 Å². The second kappa shape index (κ2) is 6.75. The molecule has 5 heteroatoms.